The van der Waals surface area contributed by atoms with E-state index in [2.05, 4.69) is 41.4 Å². The van der Waals surface area contributed by atoms with Gasteiger partial charge in [-0.3, -0.25) is 4.90 Å². The standard InChI is InChI=1S/C14H28N4/c1-4-5-6-8-18(13(2)3)11-14-10-17(9-7-15)12-16-14/h10,12-13H,4-9,11,15H2,1-3H3. The molecule has 0 aliphatic heterocycles. The van der Waals surface area contributed by atoms with Crippen molar-refractivity contribution in [2.45, 2.75) is 59.2 Å². The summed E-state index contributed by atoms with van der Waals surface area (Å²) in [6, 6.07) is 0.571. The summed E-state index contributed by atoms with van der Waals surface area (Å²) in [5, 5.41) is 0. The van der Waals surface area contributed by atoms with Crippen LogP contribution in [0.1, 0.15) is 45.7 Å². The van der Waals surface area contributed by atoms with E-state index < -0.39 is 0 Å². The first kappa shape index (κ1) is 15.2. The Kier molecular flexibility index (Phi) is 6.98. The number of aromatic nitrogens is 2. The van der Waals surface area contributed by atoms with E-state index in [1.54, 1.807) is 0 Å². The van der Waals surface area contributed by atoms with Crippen LogP contribution in [-0.2, 0) is 13.1 Å². The number of hydrogen-bond donors (Lipinski definition) is 1. The van der Waals surface area contributed by atoms with Gasteiger partial charge in [0.25, 0.3) is 0 Å². The van der Waals surface area contributed by atoms with Gasteiger partial charge >= 0.3 is 0 Å². The molecule has 4 heteroatoms. The second-order valence-electron chi connectivity index (χ2n) is 5.16. The van der Waals surface area contributed by atoms with E-state index in [-0.39, 0.29) is 0 Å². The van der Waals surface area contributed by atoms with Gasteiger partial charge in [-0.2, -0.15) is 0 Å². The predicted molar refractivity (Wildman–Crippen MR) is 76.4 cm³/mol. The molecule has 0 saturated carbocycles. The van der Waals surface area contributed by atoms with E-state index in [0.717, 1.165) is 25.3 Å². The van der Waals surface area contributed by atoms with Gasteiger partial charge in [-0.05, 0) is 26.8 Å². The predicted octanol–water partition coefficient (Wildman–Crippen LogP) is 2.24. The molecule has 0 aliphatic carbocycles. The first-order valence-corrected chi connectivity index (χ1v) is 7.12. The second kappa shape index (κ2) is 8.27. The largest absolute Gasteiger partial charge is 0.336 e. The molecular formula is C14H28N4. The molecule has 0 aliphatic rings. The Labute approximate surface area is 111 Å². The highest BCUT2D eigenvalue weighted by Crippen LogP contribution is 2.09. The van der Waals surface area contributed by atoms with Gasteiger partial charge in [0.1, 0.15) is 0 Å². The smallest absolute Gasteiger partial charge is 0.0950 e. The van der Waals surface area contributed by atoms with Gasteiger partial charge in [-0.25, -0.2) is 4.98 Å². The monoisotopic (exact) mass is 252 g/mol. The molecule has 0 aromatic carbocycles. The molecule has 104 valence electrons. The molecule has 0 atom stereocenters. The van der Waals surface area contributed by atoms with E-state index in [9.17, 15) is 0 Å². The molecule has 0 spiro atoms. The average Bonchev–Trinajstić information content (AvgIpc) is 2.76. The van der Waals surface area contributed by atoms with Crippen LogP contribution >= 0.6 is 0 Å². The van der Waals surface area contributed by atoms with Crippen molar-refractivity contribution in [2.24, 2.45) is 5.73 Å². The van der Waals surface area contributed by atoms with Gasteiger partial charge in [0, 0.05) is 31.9 Å². The molecule has 0 bridgehead atoms. The molecule has 2 N–H and O–H groups in total. The van der Waals surface area contributed by atoms with Crippen molar-refractivity contribution in [2.75, 3.05) is 13.1 Å². The Hall–Kier alpha value is -0.870. The van der Waals surface area contributed by atoms with Crippen LogP contribution in [-0.4, -0.2) is 33.6 Å². The third kappa shape index (κ3) is 5.19. The van der Waals surface area contributed by atoms with Crippen LogP contribution in [0.15, 0.2) is 12.5 Å². The maximum absolute atomic E-state index is 5.54. The Morgan fingerprint density at radius 1 is 1.39 bits per heavy atom. The molecule has 4 nitrogen and oxygen atoms in total. The molecule has 0 radical (unpaired) electrons. The molecule has 1 rings (SSSR count). The lowest BCUT2D eigenvalue weighted by molar-refractivity contribution is 0.206. The number of hydrogen-bond acceptors (Lipinski definition) is 3. The minimum Gasteiger partial charge on any atom is -0.336 e. The lowest BCUT2D eigenvalue weighted by Gasteiger charge is -2.25. The maximum atomic E-state index is 5.54. The molecule has 18 heavy (non-hydrogen) atoms. The van der Waals surface area contributed by atoms with Crippen LogP contribution in [0.3, 0.4) is 0 Å². The minimum absolute atomic E-state index is 0.571. The van der Waals surface area contributed by atoms with Crippen LogP contribution in [0, 0.1) is 0 Å². The summed E-state index contributed by atoms with van der Waals surface area (Å²) in [5.74, 6) is 0. The fourth-order valence-corrected chi connectivity index (χ4v) is 2.05. The zero-order valence-electron chi connectivity index (χ0n) is 12.1. The van der Waals surface area contributed by atoms with Gasteiger partial charge in [0.15, 0.2) is 0 Å². The highest BCUT2D eigenvalue weighted by atomic mass is 15.2. The zero-order valence-corrected chi connectivity index (χ0v) is 12.1. The molecule has 1 aromatic heterocycles. The highest BCUT2D eigenvalue weighted by Gasteiger charge is 2.11. The van der Waals surface area contributed by atoms with Gasteiger partial charge < -0.3 is 10.3 Å². The van der Waals surface area contributed by atoms with Crippen molar-refractivity contribution in [3.8, 4) is 0 Å². The number of nitrogens with zero attached hydrogens (tertiary/aromatic N) is 3. The normalized spacial score (nSPS) is 11.7. The van der Waals surface area contributed by atoms with Crippen molar-refractivity contribution in [1.82, 2.24) is 14.5 Å². The quantitative estimate of drug-likeness (QED) is 0.686. The van der Waals surface area contributed by atoms with Crippen LogP contribution < -0.4 is 5.73 Å². The molecule has 1 aromatic rings. The lowest BCUT2D eigenvalue weighted by atomic mass is 10.2. The van der Waals surface area contributed by atoms with Crippen LogP contribution in [0.4, 0.5) is 0 Å². The lowest BCUT2D eigenvalue weighted by Crippen LogP contribution is -2.31. The van der Waals surface area contributed by atoms with Crippen molar-refractivity contribution < 1.29 is 0 Å². The third-order valence-corrected chi connectivity index (χ3v) is 3.22. The third-order valence-electron chi connectivity index (χ3n) is 3.22. The summed E-state index contributed by atoms with van der Waals surface area (Å²) in [5.41, 5.74) is 6.69. The average molecular weight is 252 g/mol. The Morgan fingerprint density at radius 3 is 2.78 bits per heavy atom. The van der Waals surface area contributed by atoms with Gasteiger partial charge in [0.2, 0.25) is 0 Å². The topological polar surface area (TPSA) is 47.1 Å². The van der Waals surface area contributed by atoms with E-state index in [1.807, 2.05) is 6.33 Å². The van der Waals surface area contributed by atoms with Crippen molar-refractivity contribution in [1.29, 1.82) is 0 Å². The van der Waals surface area contributed by atoms with Crippen LogP contribution in [0.2, 0.25) is 0 Å². The Morgan fingerprint density at radius 2 is 2.17 bits per heavy atom. The zero-order chi connectivity index (χ0) is 13.4. The van der Waals surface area contributed by atoms with Crippen LogP contribution in [0.25, 0.3) is 0 Å². The van der Waals surface area contributed by atoms with Crippen molar-refractivity contribution in [3.63, 3.8) is 0 Å². The number of nitrogens with two attached hydrogens (primary N) is 1. The maximum Gasteiger partial charge on any atom is 0.0950 e. The molecular weight excluding hydrogens is 224 g/mol. The summed E-state index contributed by atoms with van der Waals surface area (Å²) in [6.07, 6.45) is 7.86. The summed E-state index contributed by atoms with van der Waals surface area (Å²) < 4.78 is 2.07. The molecule has 0 saturated heterocycles. The number of rotatable bonds is 9. The minimum atomic E-state index is 0.571. The first-order valence-electron chi connectivity index (χ1n) is 7.12. The molecule has 0 fully saturated rings. The highest BCUT2D eigenvalue weighted by molar-refractivity contribution is 4.97. The molecule has 0 amide bonds. The Balaban J connectivity index is 2.48. The van der Waals surface area contributed by atoms with E-state index in [0.29, 0.717) is 12.6 Å². The summed E-state index contributed by atoms with van der Waals surface area (Å²) >= 11 is 0. The fourth-order valence-electron chi connectivity index (χ4n) is 2.05. The summed E-state index contributed by atoms with van der Waals surface area (Å²) in [4.78, 5) is 6.94. The van der Waals surface area contributed by atoms with Crippen LogP contribution in [0.5, 0.6) is 0 Å². The Bertz CT molecular complexity index is 319. The van der Waals surface area contributed by atoms with E-state index >= 15 is 0 Å². The number of unbranched alkanes of at least 4 members (excludes halogenated alkanes) is 2. The fraction of sp³-hybridized carbons (Fsp3) is 0.786. The SMILES string of the molecule is CCCCCN(Cc1cn(CCN)cn1)C(C)C. The van der Waals surface area contributed by atoms with E-state index in [4.69, 9.17) is 5.73 Å². The first-order chi connectivity index (χ1) is 8.67. The van der Waals surface area contributed by atoms with Gasteiger partial charge in [0.05, 0.1) is 12.0 Å². The van der Waals surface area contributed by atoms with E-state index in [1.165, 1.54) is 19.3 Å². The van der Waals surface area contributed by atoms with Crippen molar-refractivity contribution >= 4 is 0 Å². The molecule has 1 heterocycles. The summed E-state index contributed by atoms with van der Waals surface area (Å²) in [6.45, 7) is 10.4. The van der Waals surface area contributed by atoms with Gasteiger partial charge in [-0.15, -0.1) is 0 Å². The summed E-state index contributed by atoms with van der Waals surface area (Å²) in [7, 11) is 0. The number of imidazole rings is 1. The second-order valence-corrected chi connectivity index (χ2v) is 5.16. The van der Waals surface area contributed by atoms with Gasteiger partial charge in [-0.1, -0.05) is 19.8 Å². The molecule has 0 unspecified atom stereocenters. The van der Waals surface area contributed by atoms with Crippen molar-refractivity contribution in [3.05, 3.63) is 18.2 Å².